The van der Waals surface area contributed by atoms with Crippen LogP contribution in [0, 0.1) is 13.8 Å². The highest BCUT2D eigenvalue weighted by Gasteiger charge is 2.18. The summed E-state index contributed by atoms with van der Waals surface area (Å²) in [6.45, 7) is 6.55. The van der Waals surface area contributed by atoms with Gasteiger partial charge in [-0.2, -0.15) is 0 Å². The summed E-state index contributed by atoms with van der Waals surface area (Å²) in [4.78, 5) is 12.3. The summed E-state index contributed by atoms with van der Waals surface area (Å²) in [5.41, 5.74) is 4.43. The van der Waals surface area contributed by atoms with E-state index in [0.29, 0.717) is 24.7 Å². The van der Waals surface area contributed by atoms with Crippen molar-refractivity contribution in [3.05, 3.63) is 70.9 Å². The summed E-state index contributed by atoms with van der Waals surface area (Å²) >= 11 is 0. The lowest BCUT2D eigenvalue weighted by molar-refractivity contribution is 0.0528. The highest BCUT2D eigenvalue weighted by molar-refractivity contribution is 5.99. The summed E-state index contributed by atoms with van der Waals surface area (Å²) in [5, 5.41) is 0. The Kier molecular flexibility index (Phi) is 4.56. The number of benzene rings is 1. The van der Waals surface area contributed by atoms with Crippen LogP contribution in [0.2, 0.25) is 0 Å². The molecule has 3 rings (SSSR count). The van der Waals surface area contributed by atoms with Crippen molar-refractivity contribution in [1.82, 2.24) is 4.40 Å². The number of carbonyl (C=O) groups is 1. The molecular weight excluding hydrogens is 302 g/mol. The van der Waals surface area contributed by atoms with E-state index in [1.54, 1.807) is 0 Å². The van der Waals surface area contributed by atoms with Gasteiger partial charge in [-0.3, -0.25) is 4.40 Å². The van der Waals surface area contributed by atoms with Crippen LogP contribution in [0.25, 0.3) is 5.52 Å². The molecule has 0 saturated carbocycles. The first-order valence-corrected chi connectivity index (χ1v) is 8.06. The Morgan fingerprint density at radius 3 is 2.58 bits per heavy atom. The molecule has 2 aromatic heterocycles. The molecule has 124 valence electrons. The third-order valence-electron chi connectivity index (χ3n) is 3.89. The number of carbonyl (C=O) groups excluding carboxylic acids is 1. The van der Waals surface area contributed by atoms with Crippen molar-refractivity contribution in [2.24, 2.45) is 0 Å². The smallest absolute Gasteiger partial charge is 0.340 e. The lowest BCUT2D eigenvalue weighted by atomic mass is 10.1. The van der Waals surface area contributed by atoms with Crippen LogP contribution < -0.4 is 4.74 Å². The first kappa shape index (κ1) is 16.1. The van der Waals surface area contributed by atoms with Gasteiger partial charge in [0.15, 0.2) is 5.88 Å². The largest absolute Gasteiger partial charge is 0.474 e. The molecule has 24 heavy (non-hydrogen) atoms. The van der Waals surface area contributed by atoms with Crippen molar-refractivity contribution in [1.29, 1.82) is 0 Å². The van der Waals surface area contributed by atoms with E-state index in [2.05, 4.69) is 0 Å². The first-order valence-electron chi connectivity index (χ1n) is 8.06. The first-order chi connectivity index (χ1) is 11.6. The van der Waals surface area contributed by atoms with Gasteiger partial charge in [0.2, 0.25) is 0 Å². The van der Waals surface area contributed by atoms with Crippen molar-refractivity contribution in [3.8, 4) is 5.88 Å². The normalized spacial score (nSPS) is 10.8. The molecule has 0 aliphatic carbocycles. The molecule has 0 amide bonds. The van der Waals surface area contributed by atoms with E-state index in [0.717, 1.165) is 22.2 Å². The quantitative estimate of drug-likeness (QED) is 0.657. The Morgan fingerprint density at radius 1 is 1.12 bits per heavy atom. The summed E-state index contributed by atoms with van der Waals surface area (Å²) in [6, 6.07) is 14.0. The minimum absolute atomic E-state index is 0.294. The van der Waals surface area contributed by atoms with Gasteiger partial charge in [-0.1, -0.05) is 30.3 Å². The molecule has 0 fully saturated rings. The van der Waals surface area contributed by atoms with Crippen LogP contribution in [0.4, 0.5) is 0 Å². The molecule has 4 heteroatoms. The topological polar surface area (TPSA) is 39.9 Å². The number of rotatable bonds is 5. The van der Waals surface area contributed by atoms with Gasteiger partial charge >= 0.3 is 5.97 Å². The number of pyridine rings is 1. The lowest BCUT2D eigenvalue weighted by Gasteiger charge is -2.11. The number of hydrogen-bond donors (Lipinski definition) is 0. The molecule has 3 aromatic rings. The highest BCUT2D eigenvalue weighted by Crippen LogP contribution is 2.26. The number of aryl methyl sites for hydroxylation is 2. The number of nitrogens with zero attached hydrogens (tertiary/aromatic N) is 1. The third-order valence-corrected chi connectivity index (χ3v) is 3.89. The Labute approximate surface area is 141 Å². The number of hydrogen-bond acceptors (Lipinski definition) is 3. The second-order valence-electron chi connectivity index (χ2n) is 5.81. The van der Waals surface area contributed by atoms with Gasteiger partial charge in [0.1, 0.15) is 6.61 Å². The van der Waals surface area contributed by atoms with Gasteiger partial charge in [0.05, 0.1) is 17.7 Å². The fraction of sp³-hybridized carbons (Fsp3) is 0.250. The molecule has 0 unspecified atom stereocenters. The van der Waals surface area contributed by atoms with Crippen LogP contribution in [0.3, 0.4) is 0 Å². The molecule has 0 aliphatic rings. The molecule has 0 saturated heterocycles. The van der Waals surface area contributed by atoms with Gasteiger partial charge in [0.25, 0.3) is 0 Å². The Balaban J connectivity index is 1.99. The summed E-state index contributed by atoms with van der Waals surface area (Å²) < 4.78 is 13.1. The highest BCUT2D eigenvalue weighted by atomic mass is 16.5. The van der Waals surface area contributed by atoms with Crippen LogP contribution >= 0.6 is 0 Å². The lowest BCUT2D eigenvalue weighted by Crippen LogP contribution is -2.06. The predicted molar refractivity (Wildman–Crippen MR) is 93.6 cm³/mol. The Bertz CT molecular complexity index is 865. The average molecular weight is 323 g/mol. The standard InChI is InChI=1S/C20H21NO3/c1-4-23-20(22)19-15(3)12-21-17(19)10-14(2)11-18(21)24-13-16-8-6-5-7-9-16/h5-12H,4,13H2,1-3H3. The van der Waals surface area contributed by atoms with Crippen LogP contribution in [0.5, 0.6) is 5.88 Å². The van der Waals surface area contributed by atoms with Crippen LogP contribution in [-0.2, 0) is 11.3 Å². The number of esters is 1. The van der Waals surface area contributed by atoms with E-state index >= 15 is 0 Å². The second kappa shape index (κ2) is 6.79. The minimum atomic E-state index is -0.294. The molecule has 0 atom stereocenters. The molecule has 0 bridgehead atoms. The maximum atomic E-state index is 12.3. The number of ether oxygens (including phenoxy) is 2. The molecule has 4 nitrogen and oxygen atoms in total. The zero-order valence-electron chi connectivity index (χ0n) is 14.2. The summed E-state index contributed by atoms with van der Waals surface area (Å²) in [6.07, 6.45) is 1.92. The van der Waals surface area contributed by atoms with E-state index < -0.39 is 0 Å². The van der Waals surface area contributed by atoms with Crippen molar-refractivity contribution in [3.63, 3.8) is 0 Å². The van der Waals surface area contributed by atoms with E-state index in [-0.39, 0.29) is 5.97 Å². The number of aromatic nitrogens is 1. The van der Waals surface area contributed by atoms with Gasteiger partial charge < -0.3 is 9.47 Å². The molecule has 0 aliphatic heterocycles. The molecule has 2 heterocycles. The fourth-order valence-corrected chi connectivity index (χ4v) is 2.81. The average Bonchev–Trinajstić information content (AvgIpc) is 2.89. The molecular formula is C20H21NO3. The summed E-state index contributed by atoms with van der Waals surface area (Å²) in [7, 11) is 0. The zero-order valence-corrected chi connectivity index (χ0v) is 14.2. The second-order valence-corrected chi connectivity index (χ2v) is 5.81. The monoisotopic (exact) mass is 323 g/mol. The molecule has 0 spiro atoms. The Morgan fingerprint density at radius 2 is 1.88 bits per heavy atom. The van der Waals surface area contributed by atoms with Crippen LogP contribution in [0.15, 0.2) is 48.7 Å². The fourth-order valence-electron chi connectivity index (χ4n) is 2.81. The van der Waals surface area contributed by atoms with Crippen LogP contribution in [-0.4, -0.2) is 17.0 Å². The number of fused-ring (bicyclic) bond motifs is 1. The van der Waals surface area contributed by atoms with Crippen LogP contribution in [0.1, 0.15) is 34.0 Å². The SMILES string of the molecule is CCOC(=O)c1c(C)cn2c(OCc3ccccc3)cc(C)cc12. The van der Waals surface area contributed by atoms with Crippen molar-refractivity contribution in [2.75, 3.05) is 6.61 Å². The predicted octanol–water partition coefficient (Wildman–Crippen LogP) is 4.31. The molecule has 0 radical (unpaired) electrons. The molecule has 0 N–H and O–H groups in total. The van der Waals surface area contributed by atoms with E-state index in [4.69, 9.17) is 9.47 Å². The van der Waals surface area contributed by atoms with E-state index in [9.17, 15) is 4.79 Å². The Hall–Kier alpha value is -2.75. The van der Waals surface area contributed by atoms with Crippen molar-refractivity contribution >= 4 is 11.5 Å². The van der Waals surface area contributed by atoms with Crippen molar-refractivity contribution < 1.29 is 14.3 Å². The van der Waals surface area contributed by atoms with Gasteiger partial charge in [0, 0.05) is 12.3 Å². The van der Waals surface area contributed by atoms with E-state index in [1.807, 2.05) is 73.8 Å². The summed E-state index contributed by atoms with van der Waals surface area (Å²) in [5.74, 6) is 0.421. The minimum Gasteiger partial charge on any atom is -0.474 e. The maximum Gasteiger partial charge on any atom is 0.340 e. The maximum absolute atomic E-state index is 12.3. The van der Waals surface area contributed by atoms with Gasteiger partial charge in [-0.25, -0.2) is 4.79 Å². The van der Waals surface area contributed by atoms with Gasteiger partial charge in [-0.05, 0) is 43.5 Å². The third kappa shape index (κ3) is 3.13. The molecule has 1 aromatic carbocycles. The van der Waals surface area contributed by atoms with Crippen molar-refractivity contribution in [2.45, 2.75) is 27.4 Å². The van der Waals surface area contributed by atoms with E-state index in [1.165, 1.54) is 0 Å². The van der Waals surface area contributed by atoms with Gasteiger partial charge in [-0.15, -0.1) is 0 Å². The zero-order chi connectivity index (χ0) is 17.1.